The molecule has 32 heavy (non-hydrogen) atoms. The molecule has 2 amide bonds. The topological polar surface area (TPSA) is 54.3 Å². The van der Waals surface area contributed by atoms with Crippen LogP contribution in [0.1, 0.15) is 43.2 Å². The molecular formula is C26H30ClN3O2. The minimum Gasteiger partial charge on any atom is -0.354 e. The van der Waals surface area contributed by atoms with Gasteiger partial charge in [-0.05, 0) is 49.4 Å². The Bertz CT molecular complexity index is 1150. The maximum Gasteiger partial charge on any atom is 0.271 e. The molecule has 1 unspecified atom stereocenters. The van der Waals surface area contributed by atoms with Gasteiger partial charge in [-0.25, -0.2) is 0 Å². The van der Waals surface area contributed by atoms with Gasteiger partial charge in [0.25, 0.3) is 5.91 Å². The maximum atomic E-state index is 13.7. The van der Waals surface area contributed by atoms with Gasteiger partial charge < -0.3 is 14.8 Å². The summed E-state index contributed by atoms with van der Waals surface area (Å²) >= 11 is 6.36. The van der Waals surface area contributed by atoms with E-state index in [2.05, 4.69) is 19.2 Å². The maximum absolute atomic E-state index is 13.7. The summed E-state index contributed by atoms with van der Waals surface area (Å²) in [6.07, 6.45) is 1.48. The number of benzene rings is 2. The molecule has 1 aromatic heterocycles. The fourth-order valence-electron chi connectivity index (χ4n) is 4.45. The summed E-state index contributed by atoms with van der Waals surface area (Å²) in [5, 5.41) is 4.76. The van der Waals surface area contributed by atoms with Gasteiger partial charge in [-0.3, -0.25) is 9.59 Å². The van der Waals surface area contributed by atoms with Gasteiger partial charge in [-0.2, -0.15) is 0 Å². The van der Waals surface area contributed by atoms with Crippen molar-refractivity contribution < 1.29 is 9.59 Å². The predicted octanol–water partition coefficient (Wildman–Crippen LogP) is 4.91. The highest BCUT2D eigenvalue weighted by molar-refractivity contribution is 6.31. The van der Waals surface area contributed by atoms with Gasteiger partial charge >= 0.3 is 0 Å². The summed E-state index contributed by atoms with van der Waals surface area (Å²) in [5.41, 5.74) is 1.57. The summed E-state index contributed by atoms with van der Waals surface area (Å²) in [5.74, 6) is 0.252. The minimum absolute atomic E-state index is 0.117. The Balaban J connectivity index is 1.69. The zero-order chi connectivity index (χ0) is 22.9. The van der Waals surface area contributed by atoms with Crippen molar-refractivity contribution in [3.05, 3.63) is 70.9 Å². The molecule has 6 heteroatoms. The second-order valence-electron chi connectivity index (χ2n) is 9.19. The number of halogens is 1. The lowest BCUT2D eigenvalue weighted by Gasteiger charge is -2.44. The van der Waals surface area contributed by atoms with E-state index in [0.29, 0.717) is 42.7 Å². The Morgan fingerprint density at radius 1 is 1.16 bits per heavy atom. The highest BCUT2D eigenvalue weighted by Gasteiger charge is 2.47. The molecule has 0 saturated heterocycles. The monoisotopic (exact) mass is 451 g/mol. The Morgan fingerprint density at radius 2 is 1.88 bits per heavy atom. The normalized spacial score (nSPS) is 18.3. The molecule has 2 heterocycles. The van der Waals surface area contributed by atoms with Gasteiger partial charge in [-0.1, -0.05) is 61.8 Å². The van der Waals surface area contributed by atoms with E-state index in [1.165, 1.54) is 0 Å². The average Bonchev–Trinajstić information content (AvgIpc) is 3.13. The van der Waals surface area contributed by atoms with Crippen molar-refractivity contribution in [2.45, 2.75) is 45.7 Å². The lowest BCUT2D eigenvalue weighted by atomic mass is 9.93. The number of nitrogens with one attached hydrogen (secondary N) is 1. The van der Waals surface area contributed by atoms with Crippen molar-refractivity contribution in [2.24, 2.45) is 5.92 Å². The lowest BCUT2D eigenvalue weighted by Crippen LogP contribution is -2.64. The molecule has 3 aromatic rings. The smallest absolute Gasteiger partial charge is 0.271 e. The number of carbonyl (C=O) groups is 2. The van der Waals surface area contributed by atoms with Gasteiger partial charge in [0.05, 0.1) is 6.54 Å². The van der Waals surface area contributed by atoms with Crippen molar-refractivity contribution in [2.75, 3.05) is 13.1 Å². The first-order valence-corrected chi connectivity index (χ1v) is 11.6. The van der Waals surface area contributed by atoms with Crippen molar-refractivity contribution in [1.82, 2.24) is 14.8 Å². The number of rotatable bonds is 7. The van der Waals surface area contributed by atoms with E-state index in [1.54, 1.807) is 4.90 Å². The first kappa shape index (κ1) is 22.4. The summed E-state index contributed by atoms with van der Waals surface area (Å²) in [6.45, 7) is 7.56. The van der Waals surface area contributed by atoms with Crippen LogP contribution in [-0.2, 0) is 17.8 Å². The van der Waals surface area contributed by atoms with Gasteiger partial charge in [0, 0.05) is 29.0 Å². The highest BCUT2D eigenvalue weighted by Crippen LogP contribution is 2.32. The fourth-order valence-corrected chi connectivity index (χ4v) is 4.68. The van der Waals surface area contributed by atoms with E-state index in [4.69, 9.17) is 11.6 Å². The van der Waals surface area contributed by atoms with E-state index in [0.717, 1.165) is 22.9 Å². The number of nitrogens with zero attached hydrogens (tertiary/aromatic N) is 2. The van der Waals surface area contributed by atoms with Gasteiger partial charge in [-0.15, -0.1) is 0 Å². The molecule has 5 nitrogen and oxygen atoms in total. The summed E-state index contributed by atoms with van der Waals surface area (Å²) < 4.78 is 1.99. The van der Waals surface area contributed by atoms with Crippen LogP contribution >= 0.6 is 11.6 Å². The van der Waals surface area contributed by atoms with Crippen LogP contribution in [-0.4, -0.2) is 39.9 Å². The Morgan fingerprint density at radius 3 is 2.62 bits per heavy atom. The molecule has 0 spiro atoms. The van der Waals surface area contributed by atoms with E-state index >= 15 is 0 Å². The van der Waals surface area contributed by atoms with Crippen molar-refractivity contribution >= 4 is 34.3 Å². The number of hydrogen-bond acceptors (Lipinski definition) is 2. The molecule has 1 aliphatic heterocycles. The minimum atomic E-state index is -0.996. The van der Waals surface area contributed by atoms with Crippen molar-refractivity contribution in [1.29, 1.82) is 0 Å². The van der Waals surface area contributed by atoms with Gasteiger partial charge in [0.15, 0.2) is 0 Å². The molecule has 4 rings (SSSR count). The van der Waals surface area contributed by atoms with Crippen LogP contribution in [0.3, 0.4) is 0 Å². The molecule has 1 aliphatic rings. The zero-order valence-electron chi connectivity index (χ0n) is 18.9. The number of carbonyl (C=O) groups excluding carboxylic acids is 2. The Hall–Kier alpha value is -2.79. The van der Waals surface area contributed by atoms with Crippen LogP contribution in [0.2, 0.25) is 5.02 Å². The fraction of sp³-hybridized carbons (Fsp3) is 0.385. The van der Waals surface area contributed by atoms with Crippen LogP contribution in [0, 0.1) is 5.92 Å². The number of para-hydroxylation sites is 1. The lowest BCUT2D eigenvalue weighted by molar-refractivity contribution is -0.132. The number of aromatic nitrogens is 1. The molecular weight excluding hydrogens is 422 g/mol. The van der Waals surface area contributed by atoms with E-state index in [1.807, 2.05) is 66.1 Å². The molecule has 168 valence electrons. The quantitative estimate of drug-likeness (QED) is 0.554. The molecule has 2 aromatic carbocycles. The van der Waals surface area contributed by atoms with E-state index in [9.17, 15) is 9.59 Å². The van der Waals surface area contributed by atoms with Crippen LogP contribution < -0.4 is 5.32 Å². The Kier molecular flexibility index (Phi) is 6.29. The van der Waals surface area contributed by atoms with E-state index in [-0.39, 0.29) is 11.8 Å². The van der Waals surface area contributed by atoms with Gasteiger partial charge in [0.1, 0.15) is 11.2 Å². The highest BCUT2D eigenvalue weighted by atomic mass is 35.5. The molecule has 0 fully saturated rings. The van der Waals surface area contributed by atoms with Gasteiger partial charge in [0.2, 0.25) is 5.91 Å². The molecule has 0 radical (unpaired) electrons. The average molecular weight is 452 g/mol. The first-order chi connectivity index (χ1) is 15.3. The molecule has 1 atom stereocenters. The largest absolute Gasteiger partial charge is 0.354 e. The van der Waals surface area contributed by atoms with E-state index < -0.39 is 5.54 Å². The third kappa shape index (κ3) is 4.14. The number of amides is 2. The van der Waals surface area contributed by atoms with Crippen molar-refractivity contribution in [3.63, 3.8) is 0 Å². The first-order valence-electron chi connectivity index (χ1n) is 11.2. The SMILES string of the molecule is CC(C)CCNC(=O)C1(C)Cn2c(cc3ccccc32)C(=O)N1CCc1ccccc1Cl. The second-order valence-corrected chi connectivity index (χ2v) is 9.59. The summed E-state index contributed by atoms with van der Waals surface area (Å²) in [4.78, 5) is 28.9. The van der Waals surface area contributed by atoms with Crippen LogP contribution in [0.5, 0.6) is 0 Å². The zero-order valence-corrected chi connectivity index (χ0v) is 19.7. The summed E-state index contributed by atoms with van der Waals surface area (Å²) in [6, 6.07) is 17.5. The van der Waals surface area contributed by atoms with Crippen LogP contribution in [0.4, 0.5) is 0 Å². The standard InChI is InChI=1S/C26H30ClN3O2/c1-18(2)12-14-28-25(32)26(3)17-29-22-11-7-5-9-20(22)16-23(29)24(31)30(26)15-13-19-8-4-6-10-21(19)27/h4-11,16,18H,12-15,17H2,1-3H3,(H,28,32). The predicted molar refractivity (Wildman–Crippen MR) is 129 cm³/mol. The number of fused-ring (bicyclic) bond motifs is 3. The summed E-state index contributed by atoms with van der Waals surface area (Å²) in [7, 11) is 0. The van der Waals surface area contributed by atoms with Crippen molar-refractivity contribution in [3.8, 4) is 0 Å². The third-order valence-electron chi connectivity index (χ3n) is 6.40. The van der Waals surface area contributed by atoms with Crippen LogP contribution in [0.15, 0.2) is 54.6 Å². The second kappa shape index (κ2) is 8.99. The molecule has 0 saturated carbocycles. The molecule has 1 N–H and O–H groups in total. The third-order valence-corrected chi connectivity index (χ3v) is 6.76. The molecule has 0 aliphatic carbocycles. The molecule has 0 bridgehead atoms. The number of hydrogen-bond donors (Lipinski definition) is 1. The Labute approximate surface area is 194 Å². The van der Waals surface area contributed by atoms with Crippen LogP contribution in [0.25, 0.3) is 10.9 Å².